The number of nitrogens with one attached hydrogen (secondary N) is 2. The molecule has 1 aliphatic carbocycles. The van der Waals surface area contributed by atoms with Gasteiger partial charge in [0.15, 0.2) is 0 Å². The fourth-order valence-electron chi connectivity index (χ4n) is 1.62. The maximum Gasteiger partial charge on any atom is 0.326 e. The highest BCUT2D eigenvalue weighted by Gasteiger charge is 2.23. The molecule has 1 atom stereocenters. The molecule has 0 aromatic rings. The van der Waals surface area contributed by atoms with E-state index in [1.807, 2.05) is 0 Å². The molecular weight excluding hydrogens is 248 g/mol. The van der Waals surface area contributed by atoms with E-state index in [1.54, 1.807) is 13.8 Å². The third-order valence-corrected chi connectivity index (χ3v) is 3.02. The van der Waals surface area contributed by atoms with Crippen LogP contribution in [0.25, 0.3) is 0 Å². The van der Waals surface area contributed by atoms with E-state index >= 15 is 0 Å². The molecule has 0 saturated heterocycles. The molecule has 0 heterocycles. The number of carboxylic acid groups (broad SMARTS) is 1. The van der Waals surface area contributed by atoms with Crippen LogP contribution in [-0.4, -0.2) is 42.9 Å². The van der Waals surface area contributed by atoms with Crippen LogP contribution in [0.5, 0.6) is 0 Å². The highest BCUT2D eigenvalue weighted by molar-refractivity contribution is 5.82. The van der Waals surface area contributed by atoms with Gasteiger partial charge in [-0.2, -0.15) is 0 Å². The standard InChI is InChI=1S/C13H24N2O4/c1-9(2)11(12(16)17)15-13(18)14-6-3-7-19-8-10-4-5-10/h9-11H,3-8H2,1-2H3,(H,16,17)(H2,14,15,18)/t11-/m1/s1. The lowest BCUT2D eigenvalue weighted by Crippen LogP contribution is -2.48. The summed E-state index contributed by atoms with van der Waals surface area (Å²) in [5.74, 6) is -0.415. The van der Waals surface area contributed by atoms with Crippen molar-refractivity contribution < 1.29 is 19.4 Å². The Kier molecular flexibility index (Phi) is 6.62. The minimum absolute atomic E-state index is 0.148. The quantitative estimate of drug-likeness (QED) is 0.551. The van der Waals surface area contributed by atoms with E-state index in [2.05, 4.69) is 10.6 Å². The van der Waals surface area contributed by atoms with Crippen molar-refractivity contribution in [3.05, 3.63) is 0 Å². The fraction of sp³-hybridized carbons (Fsp3) is 0.846. The van der Waals surface area contributed by atoms with Gasteiger partial charge >= 0.3 is 12.0 Å². The van der Waals surface area contributed by atoms with Gasteiger partial charge in [0, 0.05) is 19.8 Å². The summed E-state index contributed by atoms with van der Waals surface area (Å²) in [7, 11) is 0. The first-order chi connectivity index (χ1) is 9.00. The van der Waals surface area contributed by atoms with Gasteiger partial charge in [0.25, 0.3) is 0 Å². The van der Waals surface area contributed by atoms with Gasteiger partial charge < -0.3 is 20.5 Å². The van der Waals surface area contributed by atoms with Gasteiger partial charge in [-0.3, -0.25) is 0 Å². The predicted octanol–water partition coefficient (Wildman–Crippen LogP) is 1.21. The number of rotatable bonds is 9. The molecule has 0 aromatic heterocycles. The zero-order chi connectivity index (χ0) is 14.3. The molecule has 0 aliphatic heterocycles. The summed E-state index contributed by atoms with van der Waals surface area (Å²) in [5.41, 5.74) is 0. The molecular formula is C13H24N2O4. The normalized spacial score (nSPS) is 16.2. The highest BCUT2D eigenvalue weighted by Crippen LogP contribution is 2.28. The molecule has 1 fully saturated rings. The Bertz CT molecular complexity index is 303. The second-order valence-electron chi connectivity index (χ2n) is 5.33. The van der Waals surface area contributed by atoms with Gasteiger partial charge in [0.05, 0.1) is 0 Å². The van der Waals surface area contributed by atoms with Crippen LogP contribution in [0.4, 0.5) is 4.79 Å². The van der Waals surface area contributed by atoms with Crippen molar-refractivity contribution in [1.82, 2.24) is 10.6 Å². The van der Waals surface area contributed by atoms with E-state index in [1.165, 1.54) is 12.8 Å². The molecule has 6 nitrogen and oxygen atoms in total. The van der Waals surface area contributed by atoms with E-state index in [0.29, 0.717) is 13.2 Å². The number of ether oxygens (including phenoxy) is 1. The fourth-order valence-corrected chi connectivity index (χ4v) is 1.62. The number of aliphatic carboxylic acids is 1. The third kappa shape index (κ3) is 7.00. The van der Waals surface area contributed by atoms with E-state index in [9.17, 15) is 9.59 Å². The number of carbonyl (C=O) groups is 2. The first-order valence-electron chi connectivity index (χ1n) is 6.85. The lowest BCUT2D eigenvalue weighted by atomic mass is 10.1. The largest absolute Gasteiger partial charge is 0.480 e. The second-order valence-corrected chi connectivity index (χ2v) is 5.33. The van der Waals surface area contributed by atoms with Crippen LogP contribution >= 0.6 is 0 Å². The molecule has 110 valence electrons. The van der Waals surface area contributed by atoms with Crippen LogP contribution in [0, 0.1) is 11.8 Å². The van der Waals surface area contributed by atoms with Crippen molar-refractivity contribution in [1.29, 1.82) is 0 Å². The SMILES string of the molecule is CC(C)[C@@H](NC(=O)NCCCOCC1CC1)C(=O)O. The van der Waals surface area contributed by atoms with Gasteiger partial charge in [0.2, 0.25) is 0 Å². The Morgan fingerprint density at radius 3 is 2.58 bits per heavy atom. The first kappa shape index (κ1) is 15.8. The molecule has 0 spiro atoms. The van der Waals surface area contributed by atoms with Crippen LogP contribution in [0.2, 0.25) is 0 Å². The lowest BCUT2D eigenvalue weighted by molar-refractivity contribution is -0.140. The molecule has 2 amide bonds. The van der Waals surface area contributed by atoms with Crippen molar-refractivity contribution in [3.63, 3.8) is 0 Å². The lowest BCUT2D eigenvalue weighted by Gasteiger charge is -2.18. The van der Waals surface area contributed by atoms with E-state index < -0.39 is 18.0 Å². The molecule has 0 unspecified atom stereocenters. The summed E-state index contributed by atoms with van der Waals surface area (Å²) in [6.45, 7) is 5.44. The summed E-state index contributed by atoms with van der Waals surface area (Å²) in [6, 6.07) is -1.30. The number of carboxylic acids is 1. The van der Waals surface area contributed by atoms with Gasteiger partial charge in [0.1, 0.15) is 6.04 Å². The second kappa shape index (κ2) is 7.99. The molecule has 1 saturated carbocycles. The number of hydrogen-bond acceptors (Lipinski definition) is 3. The van der Waals surface area contributed by atoms with Crippen LogP contribution < -0.4 is 10.6 Å². The smallest absolute Gasteiger partial charge is 0.326 e. The first-order valence-corrected chi connectivity index (χ1v) is 6.85. The average molecular weight is 272 g/mol. The van der Waals surface area contributed by atoms with Crippen LogP contribution in [0.1, 0.15) is 33.1 Å². The number of amides is 2. The van der Waals surface area contributed by atoms with Crippen molar-refractivity contribution in [2.45, 2.75) is 39.2 Å². The Morgan fingerprint density at radius 2 is 2.05 bits per heavy atom. The highest BCUT2D eigenvalue weighted by atomic mass is 16.5. The topological polar surface area (TPSA) is 87.7 Å². The summed E-state index contributed by atoms with van der Waals surface area (Å²) in [6.07, 6.45) is 3.28. The maximum absolute atomic E-state index is 11.5. The van der Waals surface area contributed by atoms with E-state index in [4.69, 9.17) is 9.84 Å². The van der Waals surface area contributed by atoms with Gasteiger partial charge in [-0.25, -0.2) is 9.59 Å². The molecule has 6 heteroatoms. The summed E-state index contributed by atoms with van der Waals surface area (Å²) >= 11 is 0. The Morgan fingerprint density at radius 1 is 1.37 bits per heavy atom. The molecule has 0 bridgehead atoms. The maximum atomic E-state index is 11.5. The number of hydrogen-bond donors (Lipinski definition) is 3. The minimum Gasteiger partial charge on any atom is -0.480 e. The van der Waals surface area contributed by atoms with Crippen molar-refractivity contribution in [2.75, 3.05) is 19.8 Å². The van der Waals surface area contributed by atoms with Gasteiger partial charge in [-0.1, -0.05) is 13.8 Å². The van der Waals surface area contributed by atoms with E-state index in [-0.39, 0.29) is 5.92 Å². The van der Waals surface area contributed by atoms with Crippen molar-refractivity contribution in [3.8, 4) is 0 Å². The van der Waals surface area contributed by atoms with Crippen LogP contribution in [0.15, 0.2) is 0 Å². The Balaban J connectivity index is 2.03. The van der Waals surface area contributed by atoms with Gasteiger partial charge in [-0.15, -0.1) is 0 Å². The summed E-state index contributed by atoms with van der Waals surface area (Å²) < 4.78 is 5.43. The van der Waals surface area contributed by atoms with Gasteiger partial charge in [-0.05, 0) is 31.1 Å². The molecule has 3 N–H and O–H groups in total. The third-order valence-electron chi connectivity index (χ3n) is 3.02. The van der Waals surface area contributed by atoms with Crippen LogP contribution in [-0.2, 0) is 9.53 Å². The van der Waals surface area contributed by atoms with Crippen molar-refractivity contribution >= 4 is 12.0 Å². The Labute approximate surface area is 113 Å². The minimum atomic E-state index is -1.02. The predicted molar refractivity (Wildman–Crippen MR) is 71.0 cm³/mol. The molecule has 1 aliphatic rings. The Hall–Kier alpha value is -1.30. The average Bonchev–Trinajstić information content (AvgIpc) is 3.13. The molecule has 1 rings (SSSR count). The zero-order valence-corrected chi connectivity index (χ0v) is 11.6. The molecule has 19 heavy (non-hydrogen) atoms. The number of urea groups is 1. The molecule has 0 radical (unpaired) electrons. The summed E-state index contributed by atoms with van der Waals surface area (Å²) in [4.78, 5) is 22.4. The van der Waals surface area contributed by atoms with E-state index in [0.717, 1.165) is 18.9 Å². The van der Waals surface area contributed by atoms with Crippen molar-refractivity contribution in [2.24, 2.45) is 11.8 Å². The summed E-state index contributed by atoms with van der Waals surface area (Å²) in [5, 5.41) is 14.0. The number of carbonyl (C=O) groups excluding carboxylic acids is 1. The zero-order valence-electron chi connectivity index (χ0n) is 11.6. The molecule has 0 aromatic carbocycles. The monoisotopic (exact) mass is 272 g/mol. The van der Waals surface area contributed by atoms with Crippen LogP contribution in [0.3, 0.4) is 0 Å².